The molecule has 0 amide bonds. The van der Waals surface area contributed by atoms with Gasteiger partial charge in [-0.15, -0.1) is 0 Å². The lowest BCUT2D eigenvalue weighted by Crippen LogP contribution is -2.18. The first kappa shape index (κ1) is 12.7. The highest BCUT2D eigenvalue weighted by Crippen LogP contribution is 2.28. The number of isocyanates is 1. The van der Waals surface area contributed by atoms with Crippen LogP contribution in [0.4, 0.5) is 0 Å². The lowest BCUT2D eigenvalue weighted by molar-refractivity contribution is 0.484. The number of aromatic nitrogens is 2. The molecule has 0 bridgehead atoms. The van der Waals surface area contributed by atoms with Crippen LogP contribution >= 0.6 is 0 Å². The first-order chi connectivity index (χ1) is 7.18. The number of rotatable bonds is 2. The van der Waals surface area contributed by atoms with Gasteiger partial charge in [0.2, 0.25) is 6.08 Å². The number of aryl methyl sites for hydroxylation is 1. The van der Waals surface area contributed by atoms with Crippen molar-refractivity contribution in [3.8, 4) is 0 Å². The summed E-state index contributed by atoms with van der Waals surface area (Å²) < 4.78 is 1.78. The topological polar surface area (TPSA) is 47.2 Å². The van der Waals surface area contributed by atoms with Gasteiger partial charge >= 0.3 is 0 Å². The van der Waals surface area contributed by atoms with Gasteiger partial charge in [-0.25, -0.2) is 4.79 Å². The molecule has 4 heteroatoms. The maximum atomic E-state index is 10.4. The van der Waals surface area contributed by atoms with Gasteiger partial charge in [-0.2, -0.15) is 10.1 Å². The summed E-state index contributed by atoms with van der Waals surface area (Å²) in [6.45, 7) is 10.1. The summed E-state index contributed by atoms with van der Waals surface area (Å²) in [6.07, 6.45) is 1.62. The van der Waals surface area contributed by atoms with Gasteiger partial charge in [-0.1, -0.05) is 20.8 Å². The molecule has 0 saturated carbocycles. The molecule has 1 aromatic heterocycles. The number of hydrogen-bond donors (Lipinski definition) is 0. The van der Waals surface area contributed by atoms with Crippen molar-refractivity contribution in [2.45, 2.75) is 45.6 Å². The molecule has 1 aromatic rings. The molecule has 0 unspecified atom stereocenters. The molecule has 0 saturated heterocycles. The summed E-state index contributed by atoms with van der Waals surface area (Å²) in [6, 6.07) is 2.00. The Morgan fingerprint density at radius 2 is 1.88 bits per heavy atom. The lowest BCUT2D eigenvalue weighted by atomic mass is 9.91. The molecule has 0 spiro atoms. The molecule has 0 N–H and O–H groups in total. The van der Waals surface area contributed by atoms with E-state index in [-0.39, 0.29) is 5.41 Å². The summed E-state index contributed by atoms with van der Waals surface area (Å²) in [5, 5.41) is 4.46. The molecule has 88 valence electrons. The average Bonchev–Trinajstić information content (AvgIpc) is 2.46. The Bertz CT molecular complexity index is 432. The van der Waals surface area contributed by atoms with Crippen LogP contribution in [0.1, 0.15) is 46.0 Å². The zero-order valence-corrected chi connectivity index (χ0v) is 10.8. The fourth-order valence-electron chi connectivity index (χ4n) is 1.58. The molecular weight excluding hydrogens is 202 g/mol. The zero-order valence-electron chi connectivity index (χ0n) is 10.8. The van der Waals surface area contributed by atoms with E-state index >= 15 is 0 Å². The highest BCUT2D eigenvalue weighted by atomic mass is 16.1. The molecule has 0 aliphatic rings. The highest BCUT2D eigenvalue weighted by Gasteiger charge is 2.27. The minimum absolute atomic E-state index is 0.00299. The van der Waals surface area contributed by atoms with Crippen molar-refractivity contribution in [1.29, 1.82) is 0 Å². The monoisotopic (exact) mass is 221 g/mol. The second-order valence-corrected chi connectivity index (χ2v) is 5.55. The predicted molar refractivity (Wildman–Crippen MR) is 63.1 cm³/mol. The van der Waals surface area contributed by atoms with Crippen molar-refractivity contribution >= 4 is 6.08 Å². The summed E-state index contributed by atoms with van der Waals surface area (Å²) in [7, 11) is 1.87. The third kappa shape index (κ3) is 2.39. The Balaban J connectivity index is 3.27. The molecular formula is C12H19N3O. The van der Waals surface area contributed by atoms with E-state index in [0.717, 1.165) is 11.4 Å². The fraction of sp³-hybridized carbons (Fsp3) is 0.667. The van der Waals surface area contributed by atoms with Crippen LogP contribution in [0.25, 0.3) is 0 Å². The Morgan fingerprint density at radius 3 is 2.25 bits per heavy atom. The van der Waals surface area contributed by atoms with Gasteiger partial charge in [-0.3, -0.25) is 4.68 Å². The van der Waals surface area contributed by atoms with E-state index in [1.807, 2.05) is 27.0 Å². The van der Waals surface area contributed by atoms with Gasteiger partial charge in [0.25, 0.3) is 0 Å². The Kier molecular flexibility index (Phi) is 3.06. The van der Waals surface area contributed by atoms with E-state index < -0.39 is 5.54 Å². The molecule has 0 aliphatic carbocycles. The molecule has 1 heterocycles. The van der Waals surface area contributed by atoms with E-state index in [9.17, 15) is 4.79 Å². The standard InChI is InChI=1S/C12H19N3O/c1-11(2,3)9-7-10(15(6)14-9)12(4,5)13-8-16/h7H,1-6H3. The molecule has 0 atom stereocenters. The van der Waals surface area contributed by atoms with Crippen molar-refractivity contribution in [3.05, 3.63) is 17.5 Å². The number of hydrogen-bond acceptors (Lipinski definition) is 3. The summed E-state index contributed by atoms with van der Waals surface area (Å²) in [4.78, 5) is 14.2. The highest BCUT2D eigenvalue weighted by molar-refractivity contribution is 5.36. The first-order valence-electron chi connectivity index (χ1n) is 5.32. The Hall–Kier alpha value is -1.41. The molecule has 16 heavy (non-hydrogen) atoms. The molecule has 0 aromatic carbocycles. The van der Waals surface area contributed by atoms with Crippen molar-refractivity contribution in [2.75, 3.05) is 0 Å². The quantitative estimate of drug-likeness (QED) is 0.568. The maximum Gasteiger partial charge on any atom is 0.235 e. The van der Waals surface area contributed by atoms with Crippen molar-refractivity contribution in [3.63, 3.8) is 0 Å². The average molecular weight is 221 g/mol. The van der Waals surface area contributed by atoms with Gasteiger partial charge in [0, 0.05) is 12.5 Å². The first-order valence-corrected chi connectivity index (χ1v) is 5.32. The molecule has 0 radical (unpaired) electrons. The van der Waals surface area contributed by atoms with Gasteiger partial charge < -0.3 is 0 Å². The van der Waals surface area contributed by atoms with Crippen molar-refractivity contribution in [1.82, 2.24) is 9.78 Å². The molecule has 0 aliphatic heterocycles. The maximum absolute atomic E-state index is 10.4. The second kappa shape index (κ2) is 3.87. The molecule has 0 fully saturated rings. The lowest BCUT2D eigenvalue weighted by Gasteiger charge is -2.17. The smallest absolute Gasteiger partial charge is 0.235 e. The third-order valence-corrected chi connectivity index (χ3v) is 2.60. The second-order valence-electron chi connectivity index (χ2n) is 5.55. The van der Waals surface area contributed by atoms with Crippen molar-refractivity contribution in [2.24, 2.45) is 12.0 Å². The van der Waals surface area contributed by atoms with Gasteiger partial charge in [0.1, 0.15) is 5.54 Å². The summed E-state index contributed by atoms with van der Waals surface area (Å²) >= 11 is 0. The van der Waals surface area contributed by atoms with Crippen LogP contribution in [0.3, 0.4) is 0 Å². The minimum Gasteiger partial charge on any atom is -0.270 e. The van der Waals surface area contributed by atoms with Gasteiger partial charge in [-0.05, 0) is 19.9 Å². The largest absolute Gasteiger partial charge is 0.270 e. The summed E-state index contributed by atoms with van der Waals surface area (Å²) in [5.41, 5.74) is 1.34. The Morgan fingerprint density at radius 1 is 1.31 bits per heavy atom. The SMILES string of the molecule is Cn1nc(C(C)(C)C)cc1C(C)(C)N=C=O. The van der Waals surface area contributed by atoms with Crippen LogP contribution in [0.2, 0.25) is 0 Å². The number of carbonyl (C=O) groups excluding carboxylic acids is 1. The molecule has 1 rings (SSSR count). The van der Waals surface area contributed by atoms with E-state index in [0.29, 0.717) is 0 Å². The normalized spacial score (nSPS) is 12.4. The van der Waals surface area contributed by atoms with Crippen LogP contribution in [0, 0.1) is 0 Å². The zero-order chi connectivity index (χ0) is 12.6. The van der Waals surface area contributed by atoms with Crippen LogP contribution in [-0.2, 0) is 22.8 Å². The fourth-order valence-corrected chi connectivity index (χ4v) is 1.58. The van der Waals surface area contributed by atoms with Crippen LogP contribution in [0.5, 0.6) is 0 Å². The molecule has 4 nitrogen and oxygen atoms in total. The van der Waals surface area contributed by atoms with Gasteiger partial charge in [0.15, 0.2) is 0 Å². The van der Waals surface area contributed by atoms with E-state index in [4.69, 9.17) is 0 Å². The van der Waals surface area contributed by atoms with Crippen molar-refractivity contribution < 1.29 is 4.79 Å². The van der Waals surface area contributed by atoms with Gasteiger partial charge in [0.05, 0.1) is 11.4 Å². The van der Waals surface area contributed by atoms with Crippen LogP contribution in [-0.4, -0.2) is 15.9 Å². The van der Waals surface area contributed by atoms with E-state index in [1.165, 1.54) is 0 Å². The van der Waals surface area contributed by atoms with Crippen LogP contribution < -0.4 is 0 Å². The minimum atomic E-state index is -0.576. The van der Waals surface area contributed by atoms with Crippen LogP contribution in [0.15, 0.2) is 11.1 Å². The summed E-state index contributed by atoms with van der Waals surface area (Å²) in [5.74, 6) is 0. The number of nitrogens with zero attached hydrogens (tertiary/aromatic N) is 3. The predicted octanol–water partition coefficient (Wildman–Crippen LogP) is 2.29. The van der Waals surface area contributed by atoms with E-state index in [2.05, 4.69) is 30.9 Å². The Labute approximate surface area is 96.4 Å². The van der Waals surface area contributed by atoms with E-state index in [1.54, 1.807) is 10.8 Å². The number of aliphatic imine (C=N–C) groups is 1. The third-order valence-electron chi connectivity index (χ3n) is 2.60.